The highest BCUT2D eigenvalue weighted by atomic mass is 16.5. The Morgan fingerprint density at radius 2 is 2.11 bits per heavy atom. The van der Waals surface area contributed by atoms with Crippen molar-refractivity contribution in [2.75, 3.05) is 13.7 Å². The second kappa shape index (κ2) is 5.56. The van der Waals surface area contributed by atoms with Crippen molar-refractivity contribution in [3.05, 3.63) is 11.7 Å². The number of aromatic nitrogens is 2. The minimum absolute atomic E-state index is 0.153. The van der Waals surface area contributed by atoms with E-state index in [9.17, 15) is 5.11 Å². The van der Waals surface area contributed by atoms with Gasteiger partial charge in [-0.25, -0.2) is 0 Å². The van der Waals surface area contributed by atoms with E-state index in [4.69, 9.17) is 15.0 Å². The smallest absolute Gasteiger partial charge is 0.229 e. The molecule has 1 aromatic rings. The molecule has 1 aliphatic rings. The fourth-order valence-electron chi connectivity index (χ4n) is 2.55. The molecule has 2 rings (SSSR count). The zero-order valence-electron chi connectivity index (χ0n) is 11.7. The van der Waals surface area contributed by atoms with E-state index < -0.39 is 11.2 Å². The molecule has 0 bridgehead atoms. The summed E-state index contributed by atoms with van der Waals surface area (Å²) in [5.74, 6) is 1.00. The Hall–Kier alpha value is -0.980. The van der Waals surface area contributed by atoms with Crippen LogP contribution in [0.5, 0.6) is 0 Å². The topological polar surface area (TPSA) is 94.4 Å². The van der Waals surface area contributed by atoms with Gasteiger partial charge in [0.25, 0.3) is 0 Å². The number of ether oxygens (including phenoxy) is 1. The molecule has 1 heterocycles. The second-order valence-electron chi connectivity index (χ2n) is 5.65. The van der Waals surface area contributed by atoms with Crippen molar-refractivity contribution in [2.45, 2.75) is 56.7 Å². The van der Waals surface area contributed by atoms with Crippen molar-refractivity contribution in [3.8, 4) is 0 Å². The first-order chi connectivity index (χ1) is 9.01. The summed E-state index contributed by atoms with van der Waals surface area (Å²) in [6, 6.07) is 0. The van der Waals surface area contributed by atoms with Crippen LogP contribution in [-0.2, 0) is 16.8 Å². The minimum atomic E-state index is -1.02. The number of methoxy groups -OCH3 is 1. The molecule has 1 saturated carbocycles. The van der Waals surface area contributed by atoms with Crippen LogP contribution in [-0.4, -0.2) is 34.5 Å². The summed E-state index contributed by atoms with van der Waals surface area (Å²) in [5.41, 5.74) is 4.05. The Balaban J connectivity index is 2.15. The Morgan fingerprint density at radius 3 is 2.68 bits per heavy atom. The first kappa shape index (κ1) is 14.4. The Morgan fingerprint density at radius 1 is 1.42 bits per heavy atom. The van der Waals surface area contributed by atoms with Crippen LogP contribution in [0.15, 0.2) is 4.52 Å². The number of rotatable bonds is 5. The zero-order chi connectivity index (χ0) is 13.9. The van der Waals surface area contributed by atoms with E-state index >= 15 is 0 Å². The standard InChI is InChI=1S/C13H23N3O3/c1-12(17,9-14)8-10-15-11(16-19-10)13(18-2)6-4-3-5-7-13/h17H,3-9,14H2,1-2H3. The largest absolute Gasteiger partial charge is 0.388 e. The van der Waals surface area contributed by atoms with Gasteiger partial charge in [0.1, 0.15) is 5.60 Å². The summed E-state index contributed by atoms with van der Waals surface area (Å²) in [4.78, 5) is 4.39. The minimum Gasteiger partial charge on any atom is -0.388 e. The van der Waals surface area contributed by atoms with E-state index in [0.717, 1.165) is 25.7 Å². The Kier molecular flexibility index (Phi) is 4.23. The van der Waals surface area contributed by atoms with Gasteiger partial charge in [-0.3, -0.25) is 0 Å². The molecular formula is C13H23N3O3. The van der Waals surface area contributed by atoms with Crippen molar-refractivity contribution in [3.63, 3.8) is 0 Å². The molecule has 1 aromatic heterocycles. The average molecular weight is 269 g/mol. The highest BCUT2D eigenvalue weighted by molar-refractivity contribution is 5.04. The normalized spacial score (nSPS) is 22.1. The number of hydrogen-bond donors (Lipinski definition) is 2. The van der Waals surface area contributed by atoms with Crippen LogP contribution in [0.1, 0.15) is 50.7 Å². The summed E-state index contributed by atoms with van der Waals surface area (Å²) in [5, 5.41) is 14.0. The van der Waals surface area contributed by atoms with Gasteiger partial charge in [0, 0.05) is 13.7 Å². The molecular weight excluding hydrogens is 246 g/mol. The third kappa shape index (κ3) is 3.13. The lowest BCUT2D eigenvalue weighted by Crippen LogP contribution is -2.36. The van der Waals surface area contributed by atoms with Gasteiger partial charge in [0.05, 0.1) is 12.0 Å². The van der Waals surface area contributed by atoms with Gasteiger partial charge in [-0.15, -0.1) is 0 Å². The maximum atomic E-state index is 9.93. The fraction of sp³-hybridized carbons (Fsp3) is 0.846. The van der Waals surface area contributed by atoms with Gasteiger partial charge >= 0.3 is 0 Å². The number of hydrogen-bond acceptors (Lipinski definition) is 6. The molecule has 6 nitrogen and oxygen atoms in total. The van der Waals surface area contributed by atoms with Crippen molar-refractivity contribution in [1.29, 1.82) is 0 Å². The fourth-order valence-corrected chi connectivity index (χ4v) is 2.55. The van der Waals surface area contributed by atoms with E-state index in [1.54, 1.807) is 14.0 Å². The van der Waals surface area contributed by atoms with Gasteiger partial charge in [0.15, 0.2) is 0 Å². The molecule has 0 aliphatic heterocycles. The van der Waals surface area contributed by atoms with Gasteiger partial charge < -0.3 is 20.1 Å². The van der Waals surface area contributed by atoms with Crippen LogP contribution in [0.3, 0.4) is 0 Å². The van der Waals surface area contributed by atoms with Crippen LogP contribution in [0, 0.1) is 0 Å². The summed E-state index contributed by atoms with van der Waals surface area (Å²) in [7, 11) is 1.69. The highest BCUT2D eigenvalue weighted by Crippen LogP contribution is 2.38. The van der Waals surface area contributed by atoms with Crippen LogP contribution < -0.4 is 5.73 Å². The molecule has 0 saturated heterocycles. The molecule has 1 fully saturated rings. The predicted molar refractivity (Wildman–Crippen MR) is 69.5 cm³/mol. The second-order valence-corrected chi connectivity index (χ2v) is 5.65. The molecule has 108 valence electrons. The van der Waals surface area contributed by atoms with E-state index in [1.807, 2.05) is 0 Å². The highest BCUT2D eigenvalue weighted by Gasteiger charge is 2.39. The lowest BCUT2D eigenvalue weighted by Gasteiger charge is -2.32. The van der Waals surface area contributed by atoms with Crippen LogP contribution in [0.25, 0.3) is 0 Å². The summed E-state index contributed by atoms with van der Waals surface area (Å²) >= 11 is 0. The quantitative estimate of drug-likeness (QED) is 0.832. The lowest BCUT2D eigenvalue weighted by molar-refractivity contribution is -0.0527. The molecule has 0 spiro atoms. The Labute approximate surface area is 113 Å². The third-order valence-electron chi connectivity index (χ3n) is 3.90. The molecule has 1 aliphatic carbocycles. The molecule has 0 amide bonds. The van der Waals surface area contributed by atoms with E-state index in [-0.39, 0.29) is 13.0 Å². The van der Waals surface area contributed by atoms with Crippen LogP contribution in [0.4, 0.5) is 0 Å². The third-order valence-corrected chi connectivity index (χ3v) is 3.90. The monoisotopic (exact) mass is 269 g/mol. The number of nitrogens with zero attached hydrogens (tertiary/aromatic N) is 2. The molecule has 3 N–H and O–H groups in total. The van der Waals surface area contributed by atoms with E-state index in [2.05, 4.69) is 10.1 Å². The molecule has 0 aromatic carbocycles. The molecule has 0 radical (unpaired) electrons. The Bertz CT molecular complexity index is 411. The van der Waals surface area contributed by atoms with Gasteiger partial charge in [-0.1, -0.05) is 24.4 Å². The SMILES string of the molecule is COC1(c2noc(CC(C)(O)CN)n2)CCCCC1. The van der Waals surface area contributed by atoms with Crippen molar-refractivity contribution >= 4 is 0 Å². The summed E-state index contributed by atoms with van der Waals surface area (Å²) in [6.07, 6.45) is 5.52. The van der Waals surface area contributed by atoms with E-state index in [1.165, 1.54) is 6.42 Å². The van der Waals surface area contributed by atoms with E-state index in [0.29, 0.717) is 11.7 Å². The van der Waals surface area contributed by atoms with Crippen molar-refractivity contribution in [2.24, 2.45) is 5.73 Å². The van der Waals surface area contributed by atoms with Crippen LogP contribution >= 0.6 is 0 Å². The van der Waals surface area contributed by atoms with Gasteiger partial charge in [-0.2, -0.15) is 4.98 Å². The van der Waals surface area contributed by atoms with Crippen molar-refractivity contribution in [1.82, 2.24) is 10.1 Å². The molecule has 19 heavy (non-hydrogen) atoms. The van der Waals surface area contributed by atoms with Gasteiger partial charge in [-0.05, 0) is 19.8 Å². The zero-order valence-corrected chi connectivity index (χ0v) is 11.7. The summed E-state index contributed by atoms with van der Waals surface area (Å²) in [6.45, 7) is 1.81. The average Bonchev–Trinajstić information content (AvgIpc) is 2.88. The van der Waals surface area contributed by atoms with Crippen LogP contribution in [0.2, 0.25) is 0 Å². The van der Waals surface area contributed by atoms with Gasteiger partial charge in [0.2, 0.25) is 11.7 Å². The maximum absolute atomic E-state index is 9.93. The summed E-state index contributed by atoms with van der Waals surface area (Å²) < 4.78 is 10.9. The number of aliphatic hydroxyl groups is 1. The maximum Gasteiger partial charge on any atom is 0.229 e. The molecule has 1 unspecified atom stereocenters. The number of nitrogens with two attached hydrogens (primary N) is 1. The predicted octanol–water partition coefficient (Wildman–Crippen LogP) is 1.13. The lowest BCUT2D eigenvalue weighted by atomic mass is 9.84. The molecule has 1 atom stereocenters. The first-order valence-corrected chi connectivity index (χ1v) is 6.82. The molecule has 6 heteroatoms. The van der Waals surface area contributed by atoms with Crippen molar-refractivity contribution < 1.29 is 14.4 Å². The first-order valence-electron chi connectivity index (χ1n) is 6.82.